The summed E-state index contributed by atoms with van der Waals surface area (Å²) in [7, 11) is -4.81. The molecule has 0 amide bonds. The minimum atomic E-state index is -4.81. The molecule has 0 atom stereocenters. The summed E-state index contributed by atoms with van der Waals surface area (Å²) in [4.78, 5) is -0.601. The van der Waals surface area contributed by atoms with Crippen LogP contribution in [0.5, 0.6) is 0 Å². The highest BCUT2D eigenvalue weighted by Gasteiger charge is 2.15. The number of benzene rings is 1. The maximum absolute atomic E-state index is 13.3. The first-order chi connectivity index (χ1) is 7.48. The summed E-state index contributed by atoms with van der Waals surface area (Å²) in [6.45, 7) is 0. The third-order valence-electron chi connectivity index (χ3n) is 1.94. The maximum atomic E-state index is 13.3. The molecule has 0 radical (unpaired) electrons. The van der Waals surface area contributed by atoms with E-state index in [9.17, 15) is 16.7 Å². The van der Waals surface area contributed by atoms with Crippen molar-refractivity contribution in [1.29, 1.82) is 0 Å². The van der Waals surface area contributed by atoms with Crippen LogP contribution >= 0.6 is 0 Å². The fraction of sp³-hybridized carbons (Fsp3) is 0. The Hall–Kier alpha value is -1.76. The first kappa shape index (κ1) is 10.7. The molecule has 0 saturated heterocycles. The number of rotatable bonds is 2. The van der Waals surface area contributed by atoms with Crippen LogP contribution in [0.15, 0.2) is 41.6 Å². The zero-order valence-corrected chi connectivity index (χ0v) is 8.66. The lowest BCUT2D eigenvalue weighted by molar-refractivity contribution is 0.552. The van der Waals surface area contributed by atoms with Gasteiger partial charge in [-0.25, -0.2) is 9.07 Å². The van der Waals surface area contributed by atoms with Crippen LogP contribution in [0.4, 0.5) is 8.28 Å². The first-order valence-electron chi connectivity index (χ1n) is 4.23. The normalized spacial score (nSPS) is 11.6. The van der Waals surface area contributed by atoms with E-state index in [1.54, 1.807) is 6.07 Å². The van der Waals surface area contributed by atoms with Gasteiger partial charge in [-0.2, -0.15) is 13.5 Å². The monoisotopic (exact) mass is 244 g/mol. The number of aromatic nitrogens is 2. The van der Waals surface area contributed by atoms with Crippen molar-refractivity contribution in [2.24, 2.45) is 0 Å². The molecule has 0 spiro atoms. The zero-order chi connectivity index (χ0) is 11.8. The Balaban J connectivity index is 2.52. The number of halogens is 2. The average molecular weight is 244 g/mol. The van der Waals surface area contributed by atoms with Crippen molar-refractivity contribution < 1.29 is 16.7 Å². The second-order valence-corrected chi connectivity index (χ2v) is 4.36. The van der Waals surface area contributed by atoms with Crippen molar-refractivity contribution in [3.05, 3.63) is 42.5 Å². The smallest absolute Gasteiger partial charge is 0.237 e. The first-order valence-corrected chi connectivity index (χ1v) is 5.61. The number of para-hydroxylation sites is 1. The number of hydrogen-bond donors (Lipinski definition) is 0. The van der Waals surface area contributed by atoms with Crippen molar-refractivity contribution in [1.82, 2.24) is 9.78 Å². The van der Waals surface area contributed by atoms with E-state index in [1.165, 1.54) is 18.2 Å². The van der Waals surface area contributed by atoms with Gasteiger partial charge in [0.25, 0.3) is 0 Å². The summed E-state index contributed by atoms with van der Waals surface area (Å²) in [6, 6.07) is 5.64. The van der Waals surface area contributed by atoms with Gasteiger partial charge in [0.1, 0.15) is 16.4 Å². The molecule has 4 nitrogen and oxygen atoms in total. The van der Waals surface area contributed by atoms with Crippen LogP contribution in [0.3, 0.4) is 0 Å². The van der Waals surface area contributed by atoms with Crippen molar-refractivity contribution in [2.45, 2.75) is 4.90 Å². The molecular weight excluding hydrogens is 238 g/mol. The van der Waals surface area contributed by atoms with Gasteiger partial charge in [-0.1, -0.05) is 12.1 Å². The summed E-state index contributed by atoms with van der Waals surface area (Å²) < 4.78 is 47.9. The lowest BCUT2D eigenvalue weighted by atomic mass is 10.3. The zero-order valence-electron chi connectivity index (χ0n) is 7.84. The molecule has 7 heteroatoms. The van der Waals surface area contributed by atoms with Crippen molar-refractivity contribution in [3.63, 3.8) is 0 Å². The van der Waals surface area contributed by atoms with Crippen LogP contribution in [0.25, 0.3) is 5.69 Å². The quantitative estimate of drug-likeness (QED) is 0.755. The second-order valence-electron chi connectivity index (χ2n) is 3.01. The molecule has 16 heavy (non-hydrogen) atoms. The summed E-state index contributed by atoms with van der Waals surface area (Å²) in [5, 5.41) is 3.57. The molecule has 0 aliphatic heterocycles. The molecule has 0 saturated carbocycles. The molecule has 0 unspecified atom stereocenters. The molecule has 0 aliphatic rings. The highest BCUT2D eigenvalue weighted by molar-refractivity contribution is 7.86. The predicted octanol–water partition coefficient (Wildman–Crippen LogP) is 1.67. The Bertz CT molecular complexity index is 622. The molecule has 0 aliphatic carbocycles. The maximum Gasteiger partial charge on any atom is 0.335 e. The van der Waals surface area contributed by atoms with Crippen LogP contribution in [-0.4, -0.2) is 18.2 Å². The molecule has 84 valence electrons. The molecule has 2 rings (SSSR count). The van der Waals surface area contributed by atoms with Crippen LogP contribution in [-0.2, 0) is 10.2 Å². The molecule has 1 heterocycles. The number of hydrogen-bond acceptors (Lipinski definition) is 3. The van der Waals surface area contributed by atoms with Gasteiger partial charge in [0.15, 0.2) is 0 Å². The molecule has 0 bridgehead atoms. The van der Waals surface area contributed by atoms with Gasteiger partial charge in [0, 0.05) is 0 Å². The van der Waals surface area contributed by atoms with E-state index < -0.39 is 20.9 Å². The summed E-state index contributed by atoms with van der Waals surface area (Å²) in [5.74, 6) is -0.576. The van der Waals surface area contributed by atoms with Gasteiger partial charge >= 0.3 is 10.2 Å². The lowest BCUT2D eigenvalue weighted by Crippen LogP contribution is -1.97. The van der Waals surface area contributed by atoms with E-state index in [0.717, 1.165) is 17.1 Å². The molecule has 2 aromatic rings. The standard InChI is InChI=1S/C9H6F2N2O2S/c10-8-3-1-2-4-9(8)13-6-7(5-12-13)16(11,14)15/h1-6H. The van der Waals surface area contributed by atoms with E-state index in [4.69, 9.17) is 0 Å². The Labute approximate surface area is 90.3 Å². The van der Waals surface area contributed by atoms with E-state index in [1.807, 2.05) is 0 Å². The Kier molecular flexibility index (Phi) is 2.47. The molecule has 1 aromatic carbocycles. The van der Waals surface area contributed by atoms with Gasteiger partial charge in [-0.05, 0) is 12.1 Å². The fourth-order valence-corrected chi connectivity index (χ4v) is 1.60. The highest BCUT2D eigenvalue weighted by atomic mass is 32.3. The highest BCUT2D eigenvalue weighted by Crippen LogP contribution is 2.16. The molecule has 0 fully saturated rings. The van der Waals surface area contributed by atoms with Gasteiger partial charge in [0.05, 0.1) is 12.4 Å². The number of nitrogens with zero attached hydrogens (tertiary/aromatic N) is 2. The van der Waals surface area contributed by atoms with Crippen molar-refractivity contribution in [2.75, 3.05) is 0 Å². The third kappa shape index (κ3) is 1.94. The second kappa shape index (κ2) is 3.67. The predicted molar refractivity (Wildman–Crippen MR) is 51.8 cm³/mol. The van der Waals surface area contributed by atoms with Crippen LogP contribution in [0.2, 0.25) is 0 Å². The summed E-state index contributed by atoms with van der Waals surface area (Å²) in [5.41, 5.74) is 0.0531. The fourth-order valence-electron chi connectivity index (χ4n) is 1.20. The van der Waals surface area contributed by atoms with E-state index in [-0.39, 0.29) is 5.69 Å². The Morgan fingerprint density at radius 3 is 2.50 bits per heavy atom. The SMILES string of the molecule is O=S(=O)(F)c1cnn(-c2ccccc2F)c1. The van der Waals surface area contributed by atoms with Crippen LogP contribution in [0, 0.1) is 5.82 Å². The lowest BCUT2D eigenvalue weighted by Gasteiger charge is -2.00. The van der Waals surface area contributed by atoms with Crippen molar-refractivity contribution >= 4 is 10.2 Å². The molecule has 0 N–H and O–H groups in total. The molecular formula is C9H6F2N2O2S. The summed E-state index contributed by atoms with van der Waals surface area (Å²) >= 11 is 0. The van der Waals surface area contributed by atoms with Gasteiger partial charge in [-0.3, -0.25) is 0 Å². The topological polar surface area (TPSA) is 52.0 Å². The Morgan fingerprint density at radius 1 is 1.25 bits per heavy atom. The van der Waals surface area contributed by atoms with Gasteiger partial charge in [0.2, 0.25) is 0 Å². The molecule has 1 aromatic heterocycles. The van der Waals surface area contributed by atoms with Crippen LogP contribution < -0.4 is 0 Å². The minimum Gasteiger partial charge on any atom is -0.237 e. The van der Waals surface area contributed by atoms with Gasteiger partial charge < -0.3 is 0 Å². The minimum absolute atomic E-state index is 0.0531. The van der Waals surface area contributed by atoms with E-state index in [0.29, 0.717) is 0 Å². The van der Waals surface area contributed by atoms with Gasteiger partial charge in [-0.15, -0.1) is 3.89 Å². The van der Waals surface area contributed by atoms with Crippen LogP contribution in [0.1, 0.15) is 0 Å². The average Bonchev–Trinajstić information content (AvgIpc) is 2.66. The summed E-state index contributed by atoms with van der Waals surface area (Å²) in [6.07, 6.45) is 1.73. The van der Waals surface area contributed by atoms with E-state index in [2.05, 4.69) is 5.10 Å². The van der Waals surface area contributed by atoms with E-state index >= 15 is 0 Å². The Morgan fingerprint density at radius 2 is 1.94 bits per heavy atom. The third-order valence-corrected chi connectivity index (χ3v) is 2.71. The van der Waals surface area contributed by atoms with Crippen molar-refractivity contribution in [3.8, 4) is 5.69 Å². The largest absolute Gasteiger partial charge is 0.335 e.